The number of unbranched alkanes of at least 4 members (excludes halogenated alkanes) is 50. The lowest BCUT2D eigenvalue weighted by Gasteiger charge is -2.20. The van der Waals surface area contributed by atoms with Crippen LogP contribution < -0.4 is 5.32 Å². The third-order valence-electron chi connectivity index (χ3n) is 17.0. The molecule has 2 unspecified atom stereocenters. The number of carbonyl (C=O) groups is 2. The average molecular weight is 1160 g/mol. The highest BCUT2D eigenvalue weighted by atomic mass is 16.5. The lowest BCUT2D eigenvalue weighted by atomic mass is 10.0. The fraction of sp³-hybridized carbons (Fsp3) is 0.844. The number of aliphatic hydroxyl groups is 2. The van der Waals surface area contributed by atoms with Gasteiger partial charge in [0.1, 0.15) is 0 Å². The van der Waals surface area contributed by atoms with Crippen LogP contribution in [0.4, 0.5) is 0 Å². The summed E-state index contributed by atoms with van der Waals surface area (Å²) in [7, 11) is 0. The molecule has 0 spiro atoms. The normalized spacial score (nSPS) is 12.9. The van der Waals surface area contributed by atoms with Crippen molar-refractivity contribution in [2.24, 2.45) is 0 Å². The molecule has 2 atom stereocenters. The first-order valence-corrected chi connectivity index (χ1v) is 37.1. The Morgan fingerprint density at radius 1 is 0.337 bits per heavy atom. The maximum Gasteiger partial charge on any atom is 0.305 e. The Kier molecular flexibility index (Phi) is 69.9. The van der Waals surface area contributed by atoms with E-state index in [1.165, 1.54) is 308 Å². The van der Waals surface area contributed by atoms with Crippen LogP contribution in [-0.4, -0.2) is 47.4 Å². The second kappa shape index (κ2) is 72.0. The summed E-state index contributed by atoms with van der Waals surface area (Å²) in [5.41, 5.74) is 0. The van der Waals surface area contributed by atoms with E-state index in [2.05, 4.69) is 67.8 Å². The van der Waals surface area contributed by atoms with Crippen molar-refractivity contribution >= 4 is 11.9 Å². The van der Waals surface area contributed by atoms with Crippen LogP contribution in [0.1, 0.15) is 393 Å². The van der Waals surface area contributed by atoms with Crippen LogP contribution in [0.25, 0.3) is 0 Å². The Labute approximate surface area is 518 Å². The number of hydrogen-bond acceptors (Lipinski definition) is 5. The van der Waals surface area contributed by atoms with Crippen LogP contribution in [0.3, 0.4) is 0 Å². The number of amides is 1. The molecule has 6 nitrogen and oxygen atoms in total. The second-order valence-electron chi connectivity index (χ2n) is 25.3. The molecule has 0 aromatic heterocycles. The Morgan fingerprint density at radius 2 is 0.602 bits per heavy atom. The van der Waals surface area contributed by atoms with Gasteiger partial charge in [-0.25, -0.2) is 0 Å². The highest BCUT2D eigenvalue weighted by molar-refractivity contribution is 5.76. The molecule has 486 valence electrons. The van der Waals surface area contributed by atoms with E-state index >= 15 is 0 Å². The molecule has 0 aromatic carbocycles. The van der Waals surface area contributed by atoms with Crippen LogP contribution in [0.5, 0.6) is 0 Å². The first-order chi connectivity index (χ1) is 41.0. The number of esters is 1. The van der Waals surface area contributed by atoms with Gasteiger partial charge in [-0.2, -0.15) is 0 Å². The molecule has 0 rings (SSSR count). The van der Waals surface area contributed by atoms with Gasteiger partial charge < -0.3 is 20.3 Å². The predicted octanol–water partition coefficient (Wildman–Crippen LogP) is 24.2. The van der Waals surface area contributed by atoms with Gasteiger partial charge in [0.2, 0.25) is 5.91 Å². The number of allylic oxidation sites excluding steroid dienone is 9. The third kappa shape index (κ3) is 68.5. The number of carbonyl (C=O) groups excluding carboxylic acids is 2. The Balaban J connectivity index is 3.43. The van der Waals surface area contributed by atoms with Crippen LogP contribution >= 0.6 is 0 Å². The fourth-order valence-electron chi connectivity index (χ4n) is 11.3. The van der Waals surface area contributed by atoms with Gasteiger partial charge in [-0.1, -0.05) is 344 Å². The van der Waals surface area contributed by atoms with Crippen molar-refractivity contribution in [3.05, 3.63) is 60.8 Å². The summed E-state index contributed by atoms with van der Waals surface area (Å²) in [5, 5.41) is 23.2. The number of hydrogen-bond donors (Lipinski definition) is 3. The zero-order valence-corrected chi connectivity index (χ0v) is 55.7. The van der Waals surface area contributed by atoms with Gasteiger partial charge in [0, 0.05) is 12.8 Å². The van der Waals surface area contributed by atoms with E-state index in [0.717, 1.165) is 57.8 Å². The maximum atomic E-state index is 12.5. The Morgan fingerprint density at radius 3 is 0.928 bits per heavy atom. The molecule has 3 N–H and O–H groups in total. The van der Waals surface area contributed by atoms with E-state index < -0.39 is 12.1 Å². The second-order valence-corrected chi connectivity index (χ2v) is 25.3. The topological polar surface area (TPSA) is 95.9 Å². The molecule has 0 heterocycles. The van der Waals surface area contributed by atoms with Crippen LogP contribution in [0.2, 0.25) is 0 Å². The summed E-state index contributed by atoms with van der Waals surface area (Å²) in [6.07, 6.45) is 95.9. The number of rotatable bonds is 69. The van der Waals surface area contributed by atoms with Gasteiger partial charge in [0.25, 0.3) is 0 Å². The minimum atomic E-state index is -0.847. The van der Waals surface area contributed by atoms with Gasteiger partial charge in [-0.3, -0.25) is 9.59 Å². The monoisotopic (exact) mass is 1160 g/mol. The molecule has 0 aliphatic rings. The maximum absolute atomic E-state index is 12.5. The quantitative estimate of drug-likeness (QED) is 0.0320. The SMILES string of the molecule is CCCCCC/C=C\C/C=C\CCCCCCCCCC(=O)OCCCCCCCCCCC/C=C\C/C=C\CCCCCCCCCCCCCCCC(=O)NC(CO)C(O)/C=C/CCCCCCCCCCCCCCCCCCC. The minimum absolute atomic E-state index is 0.00439. The zero-order chi connectivity index (χ0) is 59.9. The number of ether oxygens (including phenoxy) is 1. The molecule has 0 aliphatic carbocycles. The van der Waals surface area contributed by atoms with Crippen molar-refractivity contribution in [1.82, 2.24) is 5.32 Å². The molecule has 0 fully saturated rings. The standard InChI is InChI=1S/C77H143NO5/c1-3-5-7-9-11-13-15-17-19-21-34-37-41-45-49-53-57-61-65-69-75(80)74(73-79)78-76(81)70-66-62-58-54-50-46-42-38-35-32-30-28-26-24-23-25-27-29-31-33-36-40-44-48-52-56-60-64-68-72-83-77(82)71-67-63-59-55-51-47-43-39-22-20-18-16-14-12-10-8-6-4-2/h14,16,20,22-23,25,29,31,65,69,74-75,79-80H,3-13,15,17-19,21,24,26-28,30,32-64,66-68,70-73H2,1-2H3,(H,78,81)/b16-14-,22-20-,25-23-,31-29-,69-65+. The molecule has 0 saturated heterocycles. The summed E-state index contributed by atoms with van der Waals surface area (Å²) in [4.78, 5) is 24.6. The van der Waals surface area contributed by atoms with Gasteiger partial charge in [-0.05, 0) is 96.3 Å². The molecule has 6 heteroatoms. The molecule has 83 heavy (non-hydrogen) atoms. The Hall–Kier alpha value is -2.44. The molecule has 0 saturated carbocycles. The van der Waals surface area contributed by atoms with Gasteiger partial charge >= 0.3 is 5.97 Å². The molecule has 0 aromatic rings. The minimum Gasteiger partial charge on any atom is -0.466 e. The summed E-state index contributed by atoms with van der Waals surface area (Å²) < 4.78 is 5.50. The van der Waals surface area contributed by atoms with E-state index in [9.17, 15) is 19.8 Å². The molecule has 0 aliphatic heterocycles. The van der Waals surface area contributed by atoms with Gasteiger partial charge in [0.05, 0.1) is 25.4 Å². The first-order valence-electron chi connectivity index (χ1n) is 37.1. The van der Waals surface area contributed by atoms with Crippen LogP contribution in [0.15, 0.2) is 60.8 Å². The van der Waals surface area contributed by atoms with Gasteiger partial charge in [-0.15, -0.1) is 0 Å². The third-order valence-corrected chi connectivity index (χ3v) is 17.0. The smallest absolute Gasteiger partial charge is 0.305 e. The van der Waals surface area contributed by atoms with Crippen LogP contribution in [-0.2, 0) is 14.3 Å². The lowest BCUT2D eigenvalue weighted by molar-refractivity contribution is -0.143. The first kappa shape index (κ1) is 80.6. The molecular formula is C77H143NO5. The summed E-state index contributed by atoms with van der Waals surface area (Å²) in [6, 6.07) is -0.631. The predicted molar refractivity (Wildman–Crippen MR) is 365 cm³/mol. The van der Waals surface area contributed by atoms with Crippen molar-refractivity contribution in [1.29, 1.82) is 0 Å². The van der Waals surface area contributed by atoms with Crippen molar-refractivity contribution in [2.45, 2.75) is 405 Å². The van der Waals surface area contributed by atoms with E-state index in [0.29, 0.717) is 19.4 Å². The highest BCUT2D eigenvalue weighted by Gasteiger charge is 2.18. The van der Waals surface area contributed by atoms with Crippen molar-refractivity contribution in [3.8, 4) is 0 Å². The van der Waals surface area contributed by atoms with E-state index in [-0.39, 0.29) is 18.5 Å². The Bertz CT molecular complexity index is 1430. The van der Waals surface area contributed by atoms with Crippen LogP contribution in [0, 0.1) is 0 Å². The largest absolute Gasteiger partial charge is 0.466 e. The van der Waals surface area contributed by atoms with Crippen molar-refractivity contribution < 1.29 is 24.5 Å². The van der Waals surface area contributed by atoms with Gasteiger partial charge in [0.15, 0.2) is 0 Å². The lowest BCUT2D eigenvalue weighted by Crippen LogP contribution is -2.45. The van der Waals surface area contributed by atoms with E-state index in [1.807, 2.05) is 6.08 Å². The van der Waals surface area contributed by atoms with Crippen molar-refractivity contribution in [2.75, 3.05) is 13.2 Å². The summed E-state index contributed by atoms with van der Waals surface area (Å²) in [5.74, 6) is -0.0620. The number of nitrogens with one attached hydrogen (secondary N) is 1. The number of aliphatic hydroxyl groups excluding tert-OH is 2. The average Bonchev–Trinajstić information content (AvgIpc) is 3.49. The summed E-state index contributed by atoms with van der Waals surface area (Å²) >= 11 is 0. The highest BCUT2D eigenvalue weighted by Crippen LogP contribution is 2.18. The molecular weight excluding hydrogens is 1020 g/mol. The molecule has 1 amide bonds. The molecule has 0 radical (unpaired) electrons. The van der Waals surface area contributed by atoms with E-state index in [4.69, 9.17) is 4.74 Å². The van der Waals surface area contributed by atoms with E-state index in [1.54, 1.807) is 6.08 Å². The fourth-order valence-corrected chi connectivity index (χ4v) is 11.3. The summed E-state index contributed by atoms with van der Waals surface area (Å²) in [6.45, 7) is 4.91. The van der Waals surface area contributed by atoms with Crippen molar-refractivity contribution in [3.63, 3.8) is 0 Å². The zero-order valence-electron chi connectivity index (χ0n) is 55.7. The molecule has 0 bridgehead atoms.